The maximum absolute atomic E-state index is 11.9. The summed E-state index contributed by atoms with van der Waals surface area (Å²) >= 11 is 5.77. The molecule has 0 aromatic heterocycles. The minimum atomic E-state index is -0.151. The minimum Gasteiger partial charge on any atom is -0.352 e. The van der Waals surface area contributed by atoms with Crippen molar-refractivity contribution in [3.05, 3.63) is 34.9 Å². The van der Waals surface area contributed by atoms with Gasteiger partial charge in [-0.1, -0.05) is 11.6 Å². The summed E-state index contributed by atoms with van der Waals surface area (Å²) in [5.74, 6) is -0.0361. The molecule has 122 valence electrons. The largest absolute Gasteiger partial charge is 0.352 e. The standard InChI is InChI=1S/C15H20ClN3O2.ClH/c16-12-5-3-11(4-6-12)15(21)18-8-1-2-14(20)19-9-7-13(17)10-19;/h3-6,13H,1-2,7-10,17H2,(H,18,21);1H/t13-;/m1./s1. The Bertz CT molecular complexity index is 508. The van der Waals surface area contributed by atoms with Crippen molar-refractivity contribution >= 4 is 35.8 Å². The van der Waals surface area contributed by atoms with Crippen LogP contribution in [0.1, 0.15) is 29.6 Å². The first kappa shape index (κ1) is 18.7. The fraction of sp³-hybridized carbons (Fsp3) is 0.467. The highest BCUT2D eigenvalue weighted by atomic mass is 35.5. The molecule has 0 unspecified atom stereocenters. The summed E-state index contributed by atoms with van der Waals surface area (Å²) in [6.07, 6.45) is 1.94. The van der Waals surface area contributed by atoms with Crippen LogP contribution in [0.25, 0.3) is 0 Å². The van der Waals surface area contributed by atoms with Gasteiger partial charge in [-0.15, -0.1) is 12.4 Å². The summed E-state index contributed by atoms with van der Waals surface area (Å²) in [5, 5.41) is 3.39. The molecule has 1 aliphatic rings. The normalized spacial score (nSPS) is 17.0. The van der Waals surface area contributed by atoms with E-state index in [0.717, 1.165) is 13.0 Å². The van der Waals surface area contributed by atoms with Crippen LogP contribution < -0.4 is 11.1 Å². The van der Waals surface area contributed by atoms with Gasteiger partial charge >= 0.3 is 0 Å². The molecule has 2 rings (SSSR count). The smallest absolute Gasteiger partial charge is 0.251 e. The lowest BCUT2D eigenvalue weighted by Gasteiger charge is -2.15. The first-order chi connectivity index (χ1) is 10.1. The van der Waals surface area contributed by atoms with Crippen molar-refractivity contribution in [3.8, 4) is 0 Å². The van der Waals surface area contributed by atoms with Crippen LogP contribution in [0, 0.1) is 0 Å². The van der Waals surface area contributed by atoms with E-state index in [0.29, 0.717) is 36.5 Å². The molecule has 1 aromatic rings. The van der Waals surface area contributed by atoms with E-state index in [-0.39, 0.29) is 30.3 Å². The molecule has 1 atom stereocenters. The van der Waals surface area contributed by atoms with E-state index in [1.165, 1.54) is 0 Å². The van der Waals surface area contributed by atoms with Crippen LogP contribution >= 0.6 is 24.0 Å². The Hall–Kier alpha value is -1.30. The van der Waals surface area contributed by atoms with E-state index < -0.39 is 0 Å². The van der Waals surface area contributed by atoms with E-state index in [1.807, 2.05) is 0 Å². The first-order valence-electron chi connectivity index (χ1n) is 7.13. The summed E-state index contributed by atoms with van der Waals surface area (Å²) in [4.78, 5) is 25.5. The Morgan fingerprint density at radius 1 is 1.32 bits per heavy atom. The van der Waals surface area contributed by atoms with E-state index in [9.17, 15) is 9.59 Å². The molecule has 3 N–H and O–H groups in total. The van der Waals surface area contributed by atoms with Crippen molar-refractivity contribution in [2.75, 3.05) is 19.6 Å². The van der Waals surface area contributed by atoms with Crippen molar-refractivity contribution in [1.82, 2.24) is 10.2 Å². The molecule has 22 heavy (non-hydrogen) atoms. The molecule has 1 fully saturated rings. The second kappa shape index (κ2) is 8.98. The molecular weight excluding hydrogens is 325 g/mol. The van der Waals surface area contributed by atoms with Gasteiger partial charge in [0.2, 0.25) is 5.91 Å². The number of nitrogens with two attached hydrogens (primary N) is 1. The van der Waals surface area contributed by atoms with Crippen LogP contribution in [0.2, 0.25) is 5.02 Å². The number of halogens is 2. The highest BCUT2D eigenvalue weighted by molar-refractivity contribution is 6.30. The Balaban J connectivity index is 0.00000242. The number of benzene rings is 1. The molecule has 0 bridgehead atoms. The summed E-state index contributed by atoms with van der Waals surface area (Å²) in [7, 11) is 0. The Kier molecular flexibility index (Phi) is 7.65. The fourth-order valence-electron chi connectivity index (χ4n) is 2.32. The van der Waals surface area contributed by atoms with Gasteiger partial charge in [-0.25, -0.2) is 0 Å². The first-order valence-corrected chi connectivity index (χ1v) is 7.51. The van der Waals surface area contributed by atoms with Crippen LogP contribution in [0.5, 0.6) is 0 Å². The molecular formula is C15H21Cl2N3O2. The Morgan fingerprint density at radius 3 is 2.59 bits per heavy atom. The Morgan fingerprint density at radius 2 is 2.00 bits per heavy atom. The number of carbonyl (C=O) groups is 2. The topological polar surface area (TPSA) is 75.4 Å². The average molecular weight is 346 g/mol. The van der Waals surface area contributed by atoms with Gasteiger partial charge in [-0.3, -0.25) is 9.59 Å². The van der Waals surface area contributed by atoms with Gasteiger partial charge in [0.15, 0.2) is 0 Å². The predicted molar refractivity (Wildman–Crippen MR) is 89.4 cm³/mol. The zero-order valence-corrected chi connectivity index (χ0v) is 13.8. The quantitative estimate of drug-likeness (QED) is 0.799. The highest BCUT2D eigenvalue weighted by Gasteiger charge is 2.22. The SMILES string of the molecule is Cl.N[C@@H]1CCN(C(=O)CCCNC(=O)c2ccc(Cl)cc2)C1. The van der Waals surface area contributed by atoms with Crippen LogP contribution in [0.3, 0.4) is 0 Å². The van der Waals surface area contributed by atoms with E-state index in [1.54, 1.807) is 29.2 Å². The highest BCUT2D eigenvalue weighted by Crippen LogP contribution is 2.10. The number of hydrogen-bond acceptors (Lipinski definition) is 3. The van der Waals surface area contributed by atoms with Crippen molar-refractivity contribution in [3.63, 3.8) is 0 Å². The monoisotopic (exact) mass is 345 g/mol. The lowest BCUT2D eigenvalue weighted by Crippen LogP contribution is -2.32. The molecule has 1 aliphatic heterocycles. The zero-order chi connectivity index (χ0) is 15.2. The van der Waals surface area contributed by atoms with Gasteiger partial charge in [-0.2, -0.15) is 0 Å². The molecule has 1 aromatic carbocycles. The van der Waals surface area contributed by atoms with Gasteiger partial charge in [0.25, 0.3) is 5.91 Å². The van der Waals surface area contributed by atoms with Gasteiger partial charge in [0.05, 0.1) is 0 Å². The lowest BCUT2D eigenvalue weighted by molar-refractivity contribution is -0.130. The number of nitrogens with one attached hydrogen (secondary N) is 1. The third kappa shape index (κ3) is 5.48. The number of rotatable bonds is 5. The molecule has 5 nitrogen and oxygen atoms in total. The molecule has 1 saturated heterocycles. The maximum atomic E-state index is 11.9. The summed E-state index contributed by atoms with van der Waals surface area (Å²) in [5.41, 5.74) is 6.34. The van der Waals surface area contributed by atoms with Crippen LogP contribution in [0.4, 0.5) is 0 Å². The van der Waals surface area contributed by atoms with Gasteiger partial charge < -0.3 is 16.0 Å². The van der Waals surface area contributed by atoms with Crippen molar-refractivity contribution in [1.29, 1.82) is 0 Å². The number of amides is 2. The molecule has 7 heteroatoms. The maximum Gasteiger partial charge on any atom is 0.251 e. The second-order valence-electron chi connectivity index (χ2n) is 5.25. The van der Waals surface area contributed by atoms with Gasteiger partial charge in [0.1, 0.15) is 0 Å². The third-order valence-corrected chi connectivity index (χ3v) is 3.79. The molecule has 2 amide bonds. The minimum absolute atomic E-state index is 0. The summed E-state index contributed by atoms with van der Waals surface area (Å²) in [6.45, 7) is 1.88. The zero-order valence-electron chi connectivity index (χ0n) is 12.3. The van der Waals surface area contributed by atoms with E-state index >= 15 is 0 Å². The Labute approximate surface area is 141 Å². The van der Waals surface area contributed by atoms with Gasteiger partial charge in [0, 0.05) is 42.7 Å². The lowest BCUT2D eigenvalue weighted by atomic mass is 10.2. The third-order valence-electron chi connectivity index (χ3n) is 3.54. The predicted octanol–water partition coefficient (Wildman–Crippen LogP) is 1.83. The fourth-order valence-corrected chi connectivity index (χ4v) is 2.44. The van der Waals surface area contributed by atoms with Crippen LogP contribution in [-0.2, 0) is 4.79 Å². The van der Waals surface area contributed by atoms with E-state index in [4.69, 9.17) is 17.3 Å². The molecule has 0 radical (unpaired) electrons. The number of nitrogens with zero attached hydrogens (tertiary/aromatic N) is 1. The van der Waals surface area contributed by atoms with Crippen molar-refractivity contribution in [2.24, 2.45) is 5.73 Å². The number of carbonyl (C=O) groups excluding carboxylic acids is 2. The van der Waals surface area contributed by atoms with Gasteiger partial charge in [-0.05, 0) is 37.1 Å². The van der Waals surface area contributed by atoms with Crippen LogP contribution in [0.15, 0.2) is 24.3 Å². The average Bonchev–Trinajstić information content (AvgIpc) is 2.90. The second-order valence-corrected chi connectivity index (χ2v) is 5.69. The molecule has 1 heterocycles. The molecule has 0 saturated carbocycles. The summed E-state index contributed by atoms with van der Waals surface area (Å²) in [6, 6.07) is 6.81. The number of hydrogen-bond donors (Lipinski definition) is 2. The van der Waals surface area contributed by atoms with Crippen LogP contribution in [-0.4, -0.2) is 42.4 Å². The molecule has 0 aliphatic carbocycles. The van der Waals surface area contributed by atoms with Crippen molar-refractivity contribution in [2.45, 2.75) is 25.3 Å². The van der Waals surface area contributed by atoms with E-state index in [2.05, 4.69) is 5.32 Å². The van der Waals surface area contributed by atoms with Crippen molar-refractivity contribution < 1.29 is 9.59 Å². The molecule has 0 spiro atoms. The summed E-state index contributed by atoms with van der Waals surface area (Å²) < 4.78 is 0. The number of likely N-dealkylation sites (tertiary alicyclic amines) is 1.